The van der Waals surface area contributed by atoms with E-state index >= 15 is 0 Å². The second-order valence-electron chi connectivity index (χ2n) is 3.32. The fourth-order valence-electron chi connectivity index (χ4n) is 1.22. The number of hydrogen-bond acceptors (Lipinski definition) is 3. The SMILES string of the molecule is CC(C(=O)O)c1cccc(C(=O)C(=O)O)c1. The zero-order valence-electron chi connectivity index (χ0n) is 8.51. The van der Waals surface area contributed by atoms with Gasteiger partial charge in [0.2, 0.25) is 0 Å². The van der Waals surface area contributed by atoms with Crippen LogP contribution in [0.25, 0.3) is 0 Å². The average molecular weight is 222 g/mol. The maximum atomic E-state index is 11.1. The maximum Gasteiger partial charge on any atom is 0.377 e. The first kappa shape index (κ1) is 11.9. The van der Waals surface area contributed by atoms with Crippen LogP contribution >= 0.6 is 0 Å². The summed E-state index contributed by atoms with van der Waals surface area (Å²) >= 11 is 0. The highest BCUT2D eigenvalue weighted by Gasteiger charge is 2.18. The van der Waals surface area contributed by atoms with Gasteiger partial charge in [-0.3, -0.25) is 9.59 Å². The van der Waals surface area contributed by atoms with Crippen molar-refractivity contribution in [2.45, 2.75) is 12.8 Å². The molecule has 1 aromatic rings. The highest BCUT2D eigenvalue weighted by atomic mass is 16.4. The molecule has 1 rings (SSSR count). The Morgan fingerprint density at radius 2 is 1.81 bits per heavy atom. The van der Waals surface area contributed by atoms with Crippen LogP contribution in [0, 0.1) is 0 Å². The van der Waals surface area contributed by atoms with Crippen molar-refractivity contribution in [1.29, 1.82) is 0 Å². The number of rotatable bonds is 4. The quantitative estimate of drug-likeness (QED) is 0.588. The molecule has 0 bridgehead atoms. The Morgan fingerprint density at radius 1 is 1.19 bits per heavy atom. The summed E-state index contributed by atoms with van der Waals surface area (Å²) in [7, 11) is 0. The van der Waals surface area contributed by atoms with Crippen LogP contribution in [-0.4, -0.2) is 27.9 Å². The van der Waals surface area contributed by atoms with Crippen LogP contribution in [0.2, 0.25) is 0 Å². The molecule has 1 atom stereocenters. The largest absolute Gasteiger partial charge is 0.481 e. The van der Waals surface area contributed by atoms with E-state index in [4.69, 9.17) is 10.2 Å². The van der Waals surface area contributed by atoms with Gasteiger partial charge in [-0.05, 0) is 18.6 Å². The summed E-state index contributed by atoms with van der Waals surface area (Å²) in [5.74, 6) is -4.40. The molecule has 0 saturated heterocycles. The van der Waals surface area contributed by atoms with Gasteiger partial charge >= 0.3 is 11.9 Å². The van der Waals surface area contributed by atoms with Crippen molar-refractivity contribution in [1.82, 2.24) is 0 Å². The minimum absolute atomic E-state index is 0.0156. The molecular weight excluding hydrogens is 212 g/mol. The van der Waals surface area contributed by atoms with E-state index in [-0.39, 0.29) is 5.56 Å². The Kier molecular flexibility index (Phi) is 3.40. The molecule has 0 aromatic heterocycles. The lowest BCUT2D eigenvalue weighted by Crippen LogP contribution is -2.14. The van der Waals surface area contributed by atoms with Crippen LogP contribution in [0.3, 0.4) is 0 Å². The average Bonchev–Trinajstić information content (AvgIpc) is 2.26. The van der Waals surface area contributed by atoms with Gasteiger partial charge in [-0.2, -0.15) is 0 Å². The Labute approximate surface area is 91.3 Å². The Hall–Kier alpha value is -2.17. The van der Waals surface area contributed by atoms with Gasteiger partial charge in [-0.15, -0.1) is 0 Å². The minimum atomic E-state index is -1.56. The predicted molar refractivity (Wildman–Crippen MR) is 54.5 cm³/mol. The fourth-order valence-corrected chi connectivity index (χ4v) is 1.22. The lowest BCUT2D eigenvalue weighted by Gasteiger charge is -2.07. The second-order valence-corrected chi connectivity index (χ2v) is 3.32. The number of carbonyl (C=O) groups is 3. The molecule has 1 aromatic carbocycles. The summed E-state index contributed by atoms with van der Waals surface area (Å²) in [4.78, 5) is 32.3. The second kappa shape index (κ2) is 4.57. The zero-order valence-corrected chi connectivity index (χ0v) is 8.51. The maximum absolute atomic E-state index is 11.1. The lowest BCUT2D eigenvalue weighted by molar-refractivity contribution is -0.138. The van der Waals surface area contributed by atoms with Crippen LogP contribution in [0.1, 0.15) is 28.8 Å². The summed E-state index contributed by atoms with van der Waals surface area (Å²) in [5.41, 5.74) is 0.387. The molecule has 84 valence electrons. The van der Waals surface area contributed by atoms with Gasteiger partial charge in [0.15, 0.2) is 0 Å². The number of benzene rings is 1. The lowest BCUT2D eigenvalue weighted by atomic mass is 9.98. The van der Waals surface area contributed by atoms with Gasteiger partial charge in [0.1, 0.15) is 0 Å². The molecule has 0 fully saturated rings. The molecule has 0 radical (unpaired) electrons. The van der Waals surface area contributed by atoms with Gasteiger partial charge in [0.25, 0.3) is 5.78 Å². The molecule has 1 unspecified atom stereocenters. The molecule has 0 aliphatic rings. The predicted octanol–water partition coefficient (Wildman–Crippen LogP) is 1.14. The van der Waals surface area contributed by atoms with Crippen molar-refractivity contribution < 1.29 is 24.6 Å². The molecular formula is C11H10O5. The molecule has 0 amide bonds. The monoisotopic (exact) mass is 222 g/mol. The summed E-state index contributed by atoms with van der Waals surface area (Å²) in [5, 5.41) is 17.3. The number of aliphatic carboxylic acids is 2. The Morgan fingerprint density at radius 3 is 2.31 bits per heavy atom. The third kappa shape index (κ3) is 2.44. The first-order valence-corrected chi connectivity index (χ1v) is 4.54. The topological polar surface area (TPSA) is 91.7 Å². The van der Waals surface area contributed by atoms with Crippen LogP contribution < -0.4 is 0 Å². The number of carboxylic acids is 2. The van der Waals surface area contributed by atoms with E-state index in [2.05, 4.69) is 0 Å². The molecule has 16 heavy (non-hydrogen) atoms. The van der Waals surface area contributed by atoms with E-state index in [1.165, 1.54) is 31.2 Å². The summed E-state index contributed by atoms with van der Waals surface area (Å²) < 4.78 is 0. The molecule has 2 N–H and O–H groups in total. The third-order valence-corrected chi connectivity index (χ3v) is 2.21. The van der Waals surface area contributed by atoms with E-state index in [0.29, 0.717) is 5.56 Å². The van der Waals surface area contributed by atoms with E-state index in [1.807, 2.05) is 0 Å². The molecule has 0 aliphatic heterocycles. The van der Waals surface area contributed by atoms with Crippen molar-refractivity contribution in [2.24, 2.45) is 0 Å². The van der Waals surface area contributed by atoms with E-state index < -0.39 is 23.6 Å². The molecule has 5 heteroatoms. The smallest absolute Gasteiger partial charge is 0.377 e. The van der Waals surface area contributed by atoms with Gasteiger partial charge in [-0.25, -0.2) is 4.79 Å². The molecule has 0 spiro atoms. The first-order valence-electron chi connectivity index (χ1n) is 4.54. The van der Waals surface area contributed by atoms with E-state index in [1.54, 1.807) is 0 Å². The molecule has 5 nitrogen and oxygen atoms in total. The third-order valence-electron chi connectivity index (χ3n) is 2.21. The highest BCUT2D eigenvalue weighted by molar-refractivity contribution is 6.39. The first-order chi connectivity index (χ1) is 7.43. The van der Waals surface area contributed by atoms with E-state index in [0.717, 1.165) is 0 Å². The van der Waals surface area contributed by atoms with Crippen molar-refractivity contribution in [3.63, 3.8) is 0 Å². The van der Waals surface area contributed by atoms with Crippen molar-refractivity contribution in [3.8, 4) is 0 Å². The normalized spacial score (nSPS) is 11.8. The van der Waals surface area contributed by atoms with Crippen LogP contribution in [-0.2, 0) is 9.59 Å². The van der Waals surface area contributed by atoms with Crippen molar-refractivity contribution in [2.75, 3.05) is 0 Å². The van der Waals surface area contributed by atoms with E-state index in [9.17, 15) is 14.4 Å². The molecule has 0 aliphatic carbocycles. The number of Topliss-reactive ketones (excluding diaryl/α,β-unsaturated/α-hetero) is 1. The number of hydrogen-bond donors (Lipinski definition) is 2. The van der Waals surface area contributed by atoms with Crippen molar-refractivity contribution >= 4 is 17.7 Å². The Balaban J connectivity index is 3.09. The summed E-state index contributed by atoms with van der Waals surface area (Å²) in [6, 6.07) is 5.63. The van der Waals surface area contributed by atoms with Gasteiger partial charge in [-0.1, -0.05) is 18.2 Å². The summed E-state index contributed by atoms with van der Waals surface area (Å²) in [6.07, 6.45) is 0. The van der Waals surface area contributed by atoms with Gasteiger partial charge < -0.3 is 10.2 Å². The van der Waals surface area contributed by atoms with Gasteiger partial charge in [0.05, 0.1) is 5.92 Å². The molecule has 0 saturated carbocycles. The summed E-state index contributed by atoms with van der Waals surface area (Å²) in [6.45, 7) is 1.46. The number of ketones is 1. The number of carboxylic acid groups (broad SMARTS) is 2. The fraction of sp³-hybridized carbons (Fsp3) is 0.182. The van der Waals surface area contributed by atoms with Crippen molar-refractivity contribution in [3.05, 3.63) is 35.4 Å². The number of carbonyl (C=O) groups excluding carboxylic acids is 1. The van der Waals surface area contributed by atoms with Crippen LogP contribution in [0.5, 0.6) is 0 Å². The zero-order chi connectivity index (χ0) is 12.3. The van der Waals surface area contributed by atoms with Crippen LogP contribution in [0.4, 0.5) is 0 Å². The van der Waals surface area contributed by atoms with Crippen LogP contribution in [0.15, 0.2) is 24.3 Å². The Bertz CT molecular complexity index is 449. The minimum Gasteiger partial charge on any atom is -0.481 e. The highest BCUT2D eigenvalue weighted by Crippen LogP contribution is 2.17. The van der Waals surface area contributed by atoms with Gasteiger partial charge in [0, 0.05) is 5.56 Å². The molecule has 0 heterocycles. The standard InChI is InChI=1S/C11H10O5/c1-6(10(13)14)7-3-2-4-8(5-7)9(12)11(15)16/h2-6H,1H3,(H,13,14)(H,15,16).